The van der Waals surface area contributed by atoms with Gasteiger partial charge in [0.1, 0.15) is 0 Å². The largest absolute Gasteiger partial charge is 0.373 e. The quantitative estimate of drug-likeness (QED) is 0.648. The molecule has 2 unspecified atom stereocenters. The predicted molar refractivity (Wildman–Crippen MR) is 58.4 cm³/mol. The van der Waals surface area contributed by atoms with Crippen molar-refractivity contribution in [3.8, 4) is 0 Å². The van der Waals surface area contributed by atoms with Gasteiger partial charge in [-0.25, -0.2) is 0 Å². The highest BCUT2D eigenvalue weighted by Gasteiger charge is 2.19. The van der Waals surface area contributed by atoms with Crippen LogP contribution in [0.15, 0.2) is 42.5 Å². The Morgan fingerprint density at radius 2 is 2.00 bits per heavy atom. The van der Waals surface area contributed by atoms with E-state index in [-0.39, 0.29) is 0 Å². The smallest absolute Gasteiger partial charge is 0.0679 e. The lowest BCUT2D eigenvalue weighted by Gasteiger charge is -2.25. The summed E-state index contributed by atoms with van der Waals surface area (Å²) in [4.78, 5) is 0. The molecule has 74 valence electrons. The van der Waals surface area contributed by atoms with Crippen LogP contribution in [-0.4, -0.2) is 12.7 Å². The van der Waals surface area contributed by atoms with Gasteiger partial charge in [-0.15, -0.1) is 0 Å². The van der Waals surface area contributed by atoms with E-state index in [0.717, 1.165) is 13.0 Å². The molecule has 0 saturated heterocycles. The first-order chi connectivity index (χ1) is 6.88. The minimum atomic E-state index is 0.349. The third-order valence-electron chi connectivity index (χ3n) is 2.82. The third-order valence-corrected chi connectivity index (χ3v) is 2.82. The minimum Gasteiger partial charge on any atom is -0.373 e. The lowest BCUT2D eigenvalue weighted by molar-refractivity contribution is 0.0514. The van der Waals surface area contributed by atoms with Gasteiger partial charge >= 0.3 is 0 Å². The van der Waals surface area contributed by atoms with Crippen LogP contribution < -0.4 is 0 Å². The Morgan fingerprint density at radius 3 is 2.64 bits per heavy atom. The molecule has 1 heterocycles. The predicted octanol–water partition coefficient (Wildman–Crippen LogP) is 3.14. The van der Waals surface area contributed by atoms with Gasteiger partial charge in [-0.3, -0.25) is 0 Å². The molecule has 1 nitrogen and oxygen atoms in total. The Morgan fingerprint density at radius 1 is 1.21 bits per heavy atom. The summed E-state index contributed by atoms with van der Waals surface area (Å²) in [6.07, 6.45) is 5.69. The molecule has 1 aliphatic rings. The Balaban J connectivity index is 2.08. The van der Waals surface area contributed by atoms with Crippen molar-refractivity contribution in [2.45, 2.75) is 25.4 Å². The molecule has 0 amide bonds. The number of benzene rings is 1. The van der Waals surface area contributed by atoms with E-state index in [2.05, 4.69) is 49.4 Å². The molecule has 2 atom stereocenters. The van der Waals surface area contributed by atoms with Crippen LogP contribution in [0.3, 0.4) is 0 Å². The molecule has 1 heteroatoms. The fraction of sp³-hybridized carbons (Fsp3) is 0.385. The van der Waals surface area contributed by atoms with Gasteiger partial charge in [0.15, 0.2) is 0 Å². The normalized spacial score (nSPS) is 23.4. The third kappa shape index (κ3) is 2.05. The van der Waals surface area contributed by atoms with Crippen LogP contribution >= 0.6 is 0 Å². The zero-order valence-electron chi connectivity index (χ0n) is 8.52. The first kappa shape index (κ1) is 9.47. The van der Waals surface area contributed by atoms with Crippen LogP contribution in [0.25, 0.3) is 0 Å². The number of rotatable bonds is 2. The lowest BCUT2D eigenvalue weighted by Crippen LogP contribution is -2.22. The molecular weight excluding hydrogens is 172 g/mol. The number of ether oxygens (including phenoxy) is 1. The average Bonchev–Trinajstić information content (AvgIpc) is 2.30. The van der Waals surface area contributed by atoms with Gasteiger partial charge < -0.3 is 4.74 Å². The monoisotopic (exact) mass is 188 g/mol. The van der Waals surface area contributed by atoms with E-state index in [0.29, 0.717) is 12.0 Å². The van der Waals surface area contributed by atoms with Gasteiger partial charge in [0.25, 0.3) is 0 Å². The summed E-state index contributed by atoms with van der Waals surface area (Å²) >= 11 is 0. The summed E-state index contributed by atoms with van der Waals surface area (Å²) in [5.41, 5.74) is 1.37. The lowest BCUT2D eigenvalue weighted by atomic mass is 9.92. The minimum absolute atomic E-state index is 0.349. The van der Waals surface area contributed by atoms with Gasteiger partial charge in [-0.2, -0.15) is 0 Å². The van der Waals surface area contributed by atoms with E-state index in [4.69, 9.17) is 4.74 Å². The van der Waals surface area contributed by atoms with E-state index < -0.39 is 0 Å². The molecule has 0 spiro atoms. The maximum atomic E-state index is 5.71. The van der Waals surface area contributed by atoms with Gasteiger partial charge in [-0.1, -0.05) is 49.4 Å². The van der Waals surface area contributed by atoms with Crippen molar-refractivity contribution in [3.63, 3.8) is 0 Å². The second-order valence-electron chi connectivity index (χ2n) is 3.78. The molecule has 0 radical (unpaired) electrons. The van der Waals surface area contributed by atoms with Crippen molar-refractivity contribution in [2.24, 2.45) is 0 Å². The molecule has 0 saturated carbocycles. The van der Waals surface area contributed by atoms with Crippen LogP contribution in [0.2, 0.25) is 0 Å². The first-order valence-electron chi connectivity index (χ1n) is 5.19. The summed E-state index contributed by atoms with van der Waals surface area (Å²) in [7, 11) is 0. The van der Waals surface area contributed by atoms with Crippen molar-refractivity contribution in [1.82, 2.24) is 0 Å². The van der Waals surface area contributed by atoms with E-state index in [1.807, 2.05) is 0 Å². The average molecular weight is 188 g/mol. The highest BCUT2D eigenvalue weighted by Crippen LogP contribution is 2.25. The first-order valence-corrected chi connectivity index (χ1v) is 5.19. The summed E-state index contributed by atoms with van der Waals surface area (Å²) < 4.78 is 5.71. The zero-order chi connectivity index (χ0) is 9.80. The van der Waals surface area contributed by atoms with Gasteiger partial charge in [-0.05, 0) is 12.0 Å². The molecule has 0 N–H and O–H groups in total. The molecule has 14 heavy (non-hydrogen) atoms. The Kier molecular flexibility index (Phi) is 3.00. The molecule has 1 aliphatic heterocycles. The summed E-state index contributed by atoms with van der Waals surface area (Å²) in [6.45, 7) is 3.00. The Hall–Kier alpha value is -1.08. The summed E-state index contributed by atoms with van der Waals surface area (Å²) in [6, 6.07) is 10.6. The van der Waals surface area contributed by atoms with E-state index in [1.54, 1.807) is 0 Å². The molecule has 0 fully saturated rings. The van der Waals surface area contributed by atoms with Gasteiger partial charge in [0.2, 0.25) is 0 Å². The van der Waals surface area contributed by atoms with E-state index in [9.17, 15) is 0 Å². The molecule has 1 aromatic rings. The highest BCUT2D eigenvalue weighted by atomic mass is 16.5. The molecule has 0 aliphatic carbocycles. The second-order valence-corrected chi connectivity index (χ2v) is 3.78. The number of hydrogen-bond acceptors (Lipinski definition) is 1. The molecule has 2 rings (SSSR count). The maximum Gasteiger partial charge on any atom is 0.0679 e. The molecular formula is C13H16O. The van der Waals surface area contributed by atoms with Crippen molar-refractivity contribution in [3.05, 3.63) is 48.0 Å². The number of hydrogen-bond donors (Lipinski definition) is 0. The Bertz CT molecular complexity index is 302. The molecule has 1 aromatic carbocycles. The van der Waals surface area contributed by atoms with Crippen molar-refractivity contribution >= 4 is 0 Å². The summed E-state index contributed by atoms with van der Waals surface area (Å²) in [5, 5.41) is 0. The second kappa shape index (κ2) is 4.43. The Labute approximate surface area is 85.4 Å². The van der Waals surface area contributed by atoms with Crippen molar-refractivity contribution in [1.29, 1.82) is 0 Å². The van der Waals surface area contributed by atoms with Crippen LogP contribution in [0, 0.1) is 0 Å². The van der Waals surface area contributed by atoms with Crippen LogP contribution in [-0.2, 0) is 4.74 Å². The van der Waals surface area contributed by atoms with Crippen molar-refractivity contribution in [2.75, 3.05) is 6.61 Å². The highest BCUT2D eigenvalue weighted by molar-refractivity contribution is 5.20. The van der Waals surface area contributed by atoms with Crippen molar-refractivity contribution < 1.29 is 4.74 Å². The maximum absolute atomic E-state index is 5.71. The zero-order valence-corrected chi connectivity index (χ0v) is 8.52. The van der Waals surface area contributed by atoms with Gasteiger partial charge in [0.05, 0.1) is 12.7 Å². The molecule has 0 aromatic heterocycles. The SMILES string of the molecule is CC(c1ccccc1)C1CC=CCO1. The van der Waals surface area contributed by atoms with Gasteiger partial charge in [0, 0.05) is 5.92 Å². The fourth-order valence-corrected chi connectivity index (χ4v) is 1.87. The van der Waals surface area contributed by atoms with E-state index >= 15 is 0 Å². The van der Waals surface area contributed by atoms with Crippen LogP contribution in [0.5, 0.6) is 0 Å². The van der Waals surface area contributed by atoms with E-state index in [1.165, 1.54) is 5.56 Å². The summed E-state index contributed by atoms with van der Waals surface area (Å²) in [5.74, 6) is 0.487. The fourth-order valence-electron chi connectivity index (χ4n) is 1.87. The van der Waals surface area contributed by atoms with Crippen LogP contribution in [0.4, 0.5) is 0 Å². The molecule has 0 bridgehead atoms. The van der Waals surface area contributed by atoms with Crippen LogP contribution in [0.1, 0.15) is 24.8 Å². The topological polar surface area (TPSA) is 9.23 Å². The standard InChI is InChI=1S/C13H16O/c1-11(12-7-3-2-4-8-12)13-9-5-6-10-14-13/h2-8,11,13H,9-10H2,1H3.